The zero-order chi connectivity index (χ0) is 24.6. The Morgan fingerprint density at radius 3 is 2.76 bits per heavy atom. The third-order valence-electron chi connectivity index (χ3n) is 4.93. The Hall–Kier alpha value is -3.93. The standard InChI is InChI=1S/C22H23FN6O4S/c1-12-8-18(33-27-12)14(3)32-19-9-15(23)6-7-17(19)26-21-20-13(2)16(10-29(20)25-11-24-21)22(30)28-34(4,5)31/h6-11,14H,4H2,1-3,5H3,(H,24,25,26)(H,28,30,31). The van der Waals surface area contributed by atoms with E-state index >= 15 is 0 Å². The van der Waals surface area contributed by atoms with E-state index in [4.69, 9.17) is 9.26 Å². The monoisotopic (exact) mass is 486 g/mol. The Kier molecular flexibility index (Phi) is 6.00. The van der Waals surface area contributed by atoms with Gasteiger partial charge in [0.15, 0.2) is 17.7 Å². The summed E-state index contributed by atoms with van der Waals surface area (Å²) >= 11 is 0. The van der Waals surface area contributed by atoms with Gasteiger partial charge in [0.25, 0.3) is 5.91 Å². The highest BCUT2D eigenvalue weighted by Gasteiger charge is 2.21. The lowest BCUT2D eigenvalue weighted by atomic mass is 10.2. The first-order chi connectivity index (χ1) is 16.0. The van der Waals surface area contributed by atoms with Gasteiger partial charge in [0.2, 0.25) is 0 Å². The van der Waals surface area contributed by atoms with Gasteiger partial charge < -0.3 is 14.6 Å². The van der Waals surface area contributed by atoms with Crippen LogP contribution in [0, 0.1) is 19.7 Å². The summed E-state index contributed by atoms with van der Waals surface area (Å²) in [4.78, 5) is 16.9. The van der Waals surface area contributed by atoms with Gasteiger partial charge in [-0.3, -0.25) is 9.52 Å². The van der Waals surface area contributed by atoms with Gasteiger partial charge in [-0.1, -0.05) is 5.16 Å². The molecule has 2 unspecified atom stereocenters. The zero-order valence-electron chi connectivity index (χ0n) is 19.0. The number of hydrogen-bond acceptors (Lipinski definition) is 8. The van der Waals surface area contributed by atoms with E-state index in [1.54, 1.807) is 26.8 Å². The molecule has 0 spiro atoms. The predicted octanol–water partition coefficient (Wildman–Crippen LogP) is 3.35. The molecule has 3 heterocycles. The Labute approximate surface area is 195 Å². The van der Waals surface area contributed by atoms with Gasteiger partial charge in [-0.25, -0.2) is 18.1 Å². The van der Waals surface area contributed by atoms with Crippen LogP contribution in [0.1, 0.15) is 40.4 Å². The summed E-state index contributed by atoms with van der Waals surface area (Å²) < 4.78 is 41.0. The summed E-state index contributed by atoms with van der Waals surface area (Å²) in [6.45, 7) is 5.27. The number of nitrogens with zero attached hydrogens (tertiary/aromatic N) is 4. The average molecular weight is 487 g/mol. The molecule has 0 aliphatic heterocycles. The summed E-state index contributed by atoms with van der Waals surface area (Å²) in [5, 5.41) is 11.1. The number of benzene rings is 1. The molecule has 34 heavy (non-hydrogen) atoms. The van der Waals surface area contributed by atoms with Crippen LogP contribution in [-0.2, 0) is 9.71 Å². The molecule has 0 fully saturated rings. The zero-order valence-corrected chi connectivity index (χ0v) is 19.8. The van der Waals surface area contributed by atoms with E-state index in [0.29, 0.717) is 34.0 Å². The molecular formula is C22H23FN6O4S. The molecular weight excluding hydrogens is 463 g/mol. The molecule has 3 aromatic heterocycles. The van der Waals surface area contributed by atoms with E-state index in [1.165, 1.54) is 41.5 Å². The number of fused-ring (bicyclic) bond motifs is 1. The maximum Gasteiger partial charge on any atom is 0.264 e. The van der Waals surface area contributed by atoms with E-state index in [1.807, 2.05) is 0 Å². The van der Waals surface area contributed by atoms with Crippen molar-refractivity contribution < 1.29 is 22.7 Å². The van der Waals surface area contributed by atoms with Gasteiger partial charge in [0.05, 0.1) is 16.9 Å². The van der Waals surface area contributed by atoms with Gasteiger partial charge >= 0.3 is 0 Å². The highest BCUT2D eigenvalue weighted by molar-refractivity contribution is 7.98. The van der Waals surface area contributed by atoms with Crippen LogP contribution in [0.5, 0.6) is 5.75 Å². The summed E-state index contributed by atoms with van der Waals surface area (Å²) in [6, 6.07) is 5.79. The minimum absolute atomic E-state index is 0.225. The molecule has 0 radical (unpaired) electrons. The highest BCUT2D eigenvalue weighted by atomic mass is 32.2. The number of carbonyl (C=O) groups excluding carboxylic acids is 1. The van der Waals surface area contributed by atoms with Crippen molar-refractivity contribution in [1.82, 2.24) is 24.5 Å². The molecule has 12 heteroatoms. The molecule has 2 atom stereocenters. The van der Waals surface area contributed by atoms with E-state index < -0.39 is 27.5 Å². The Morgan fingerprint density at radius 1 is 1.32 bits per heavy atom. The fourth-order valence-electron chi connectivity index (χ4n) is 3.38. The van der Waals surface area contributed by atoms with Crippen molar-refractivity contribution in [2.45, 2.75) is 26.9 Å². The molecule has 0 aliphatic rings. The van der Waals surface area contributed by atoms with E-state index in [-0.39, 0.29) is 11.3 Å². The molecule has 0 bridgehead atoms. The Bertz CT molecular complexity index is 1490. The Morgan fingerprint density at radius 2 is 2.09 bits per heavy atom. The van der Waals surface area contributed by atoms with E-state index in [0.717, 1.165) is 0 Å². The first-order valence-corrected chi connectivity index (χ1v) is 12.3. The van der Waals surface area contributed by atoms with Crippen LogP contribution >= 0.6 is 0 Å². The maximum absolute atomic E-state index is 14.0. The fraction of sp³-hybridized carbons (Fsp3) is 0.227. The van der Waals surface area contributed by atoms with E-state index in [9.17, 15) is 13.4 Å². The lowest BCUT2D eigenvalue weighted by Gasteiger charge is -2.17. The predicted molar refractivity (Wildman–Crippen MR) is 126 cm³/mol. The molecule has 1 amide bonds. The van der Waals surface area contributed by atoms with Crippen LogP contribution in [0.3, 0.4) is 0 Å². The highest BCUT2D eigenvalue weighted by Crippen LogP contribution is 2.34. The van der Waals surface area contributed by atoms with Gasteiger partial charge in [-0.05, 0) is 44.3 Å². The van der Waals surface area contributed by atoms with Crippen molar-refractivity contribution in [3.05, 3.63) is 65.2 Å². The van der Waals surface area contributed by atoms with Crippen molar-refractivity contribution in [2.75, 3.05) is 11.6 Å². The second-order valence-corrected chi connectivity index (χ2v) is 10.1. The largest absolute Gasteiger partial charge is 0.480 e. The molecule has 0 saturated carbocycles. The number of halogens is 1. The number of amides is 1. The minimum Gasteiger partial charge on any atom is -0.480 e. The lowest BCUT2D eigenvalue weighted by molar-refractivity contribution is 0.0982. The number of nitrogens with one attached hydrogen (secondary N) is 2. The van der Waals surface area contributed by atoms with Gasteiger partial charge in [0.1, 0.15) is 23.4 Å². The summed E-state index contributed by atoms with van der Waals surface area (Å²) in [6.07, 6.45) is 3.62. The number of aryl methyl sites for hydroxylation is 2. The lowest BCUT2D eigenvalue weighted by Crippen LogP contribution is -2.29. The number of ether oxygens (including phenoxy) is 1. The molecule has 2 N–H and O–H groups in total. The van der Waals surface area contributed by atoms with Crippen LogP contribution < -0.4 is 14.8 Å². The molecule has 1 aromatic carbocycles. The fourth-order valence-corrected chi connectivity index (χ4v) is 3.88. The third kappa shape index (κ3) is 4.86. The molecule has 0 aliphatic carbocycles. The smallest absolute Gasteiger partial charge is 0.264 e. The van der Waals surface area contributed by atoms with Crippen LogP contribution in [0.4, 0.5) is 15.9 Å². The van der Waals surface area contributed by atoms with Crippen LogP contribution in [-0.4, -0.2) is 42.0 Å². The quantitative estimate of drug-likeness (QED) is 0.381. The molecule has 4 aromatic rings. The normalized spacial score (nSPS) is 13.9. The third-order valence-corrected chi connectivity index (χ3v) is 5.54. The van der Waals surface area contributed by atoms with Crippen molar-refractivity contribution >= 4 is 38.5 Å². The molecule has 10 nitrogen and oxygen atoms in total. The minimum atomic E-state index is -2.75. The van der Waals surface area contributed by atoms with Gasteiger partial charge in [-0.15, -0.1) is 0 Å². The number of rotatable bonds is 7. The van der Waals surface area contributed by atoms with Gasteiger partial charge in [0, 0.05) is 34.3 Å². The van der Waals surface area contributed by atoms with Crippen molar-refractivity contribution in [1.29, 1.82) is 0 Å². The summed E-state index contributed by atoms with van der Waals surface area (Å²) in [5.41, 5.74) is 2.47. The molecule has 0 saturated heterocycles. The number of carbonyl (C=O) groups is 1. The first-order valence-electron chi connectivity index (χ1n) is 10.2. The SMILES string of the molecule is C=S(C)(=O)NC(=O)c1cn2ncnc(Nc3ccc(F)cc3OC(C)c3cc(C)no3)c2c1C. The summed E-state index contributed by atoms with van der Waals surface area (Å²) in [5.74, 6) is 3.50. The summed E-state index contributed by atoms with van der Waals surface area (Å²) in [7, 11) is -2.75. The van der Waals surface area contributed by atoms with E-state index in [2.05, 4.69) is 31.1 Å². The Balaban J connectivity index is 1.70. The second kappa shape index (κ2) is 8.78. The van der Waals surface area contributed by atoms with Crippen molar-refractivity contribution in [3.63, 3.8) is 0 Å². The molecule has 4 rings (SSSR count). The van der Waals surface area contributed by atoms with Crippen molar-refractivity contribution in [2.24, 2.45) is 0 Å². The molecule has 178 valence electrons. The average Bonchev–Trinajstić information content (AvgIpc) is 3.33. The first kappa shape index (κ1) is 23.2. The van der Waals surface area contributed by atoms with Crippen molar-refractivity contribution in [3.8, 4) is 5.75 Å². The number of hydrogen-bond donors (Lipinski definition) is 2. The second-order valence-electron chi connectivity index (χ2n) is 7.90. The maximum atomic E-state index is 14.0. The van der Waals surface area contributed by atoms with Gasteiger partial charge in [-0.2, -0.15) is 5.10 Å². The van der Waals surface area contributed by atoms with Crippen LogP contribution in [0.15, 0.2) is 41.3 Å². The van der Waals surface area contributed by atoms with Crippen LogP contribution in [0.2, 0.25) is 0 Å². The number of aromatic nitrogens is 4. The topological polar surface area (TPSA) is 124 Å². The number of anilines is 2. The van der Waals surface area contributed by atoms with Crippen LogP contribution in [0.25, 0.3) is 5.52 Å².